The van der Waals surface area contributed by atoms with Crippen LogP contribution in [0.3, 0.4) is 0 Å². The van der Waals surface area contributed by atoms with Gasteiger partial charge in [-0.2, -0.15) is 5.10 Å². The van der Waals surface area contributed by atoms with Gasteiger partial charge in [0.2, 0.25) is 0 Å². The third kappa shape index (κ3) is 3.29. The first-order valence-corrected chi connectivity index (χ1v) is 6.90. The Balaban J connectivity index is 1.79. The van der Waals surface area contributed by atoms with Crippen LogP contribution < -0.4 is 5.43 Å². The highest BCUT2D eigenvalue weighted by molar-refractivity contribution is 5.98. The van der Waals surface area contributed by atoms with E-state index < -0.39 is 4.92 Å². The molecule has 2 aromatic carbocycles. The summed E-state index contributed by atoms with van der Waals surface area (Å²) in [6.45, 7) is 1.82. The molecule has 0 atom stereocenters. The quantitative estimate of drug-likeness (QED) is 0.453. The number of benzene rings is 2. The maximum Gasteiger partial charge on any atom is 0.269 e. The van der Waals surface area contributed by atoms with Gasteiger partial charge in [-0.3, -0.25) is 20.5 Å². The van der Waals surface area contributed by atoms with Crippen LogP contribution in [0.2, 0.25) is 0 Å². The molecule has 0 spiro atoms. The van der Waals surface area contributed by atoms with Crippen molar-refractivity contribution in [2.75, 3.05) is 5.43 Å². The van der Waals surface area contributed by atoms with Crippen molar-refractivity contribution >= 4 is 28.1 Å². The molecule has 0 radical (unpaired) electrons. The van der Waals surface area contributed by atoms with Gasteiger partial charge in [0.25, 0.3) is 5.69 Å². The fourth-order valence-electron chi connectivity index (χ4n) is 1.99. The monoisotopic (exact) mass is 307 g/mol. The average molecular weight is 307 g/mol. The molecule has 0 aliphatic heterocycles. The first kappa shape index (κ1) is 14.6. The highest BCUT2D eigenvalue weighted by Crippen LogP contribution is 2.15. The normalized spacial score (nSPS) is 11.4. The summed E-state index contributed by atoms with van der Waals surface area (Å²) in [7, 11) is 0. The predicted molar refractivity (Wildman–Crippen MR) is 88.5 cm³/mol. The number of rotatable bonds is 4. The zero-order chi connectivity index (χ0) is 16.2. The first-order chi connectivity index (χ1) is 11.1. The SMILES string of the molecule is C/C(=N/Nc1ccc([N+](=O)[O-])cc1)c1cnc2ccccc2n1. The number of hydrazone groups is 1. The van der Waals surface area contributed by atoms with E-state index in [0.29, 0.717) is 17.1 Å². The summed E-state index contributed by atoms with van der Waals surface area (Å²) in [5.41, 5.74) is 6.51. The van der Waals surface area contributed by atoms with Gasteiger partial charge in [0.15, 0.2) is 0 Å². The molecular weight excluding hydrogens is 294 g/mol. The van der Waals surface area contributed by atoms with Gasteiger partial charge >= 0.3 is 0 Å². The minimum atomic E-state index is -0.442. The summed E-state index contributed by atoms with van der Waals surface area (Å²) >= 11 is 0. The van der Waals surface area contributed by atoms with Gasteiger partial charge in [-0.1, -0.05) is 12.1 Å². The van der Waals surface area contributed by atoms with Gasteiger partial charge in [-0.05, 0) is 31.2 Å². The Morgan fingerprint density at radius 2 is 1.83 bits per heavy atom. The number of hydrogen-bond acceptors (Lipinski definition) is 6. The van der Waals surface area contributed by atoms with Gasteiger partial charge in [0.1, 0.15) is 5.69 Å². The van der Waals surface area contributed by atoms with Crippen LogP contribution >= 0.6 is 0 Å². The number of nitrogens with zero attached hydrogens (tertiary/aromatic N) is 4. The molecule has 0 fully saturated rings. The van der Waals surface area contributed by atoms with E-state index in [-0.39, 0.29) is 5.69 Å². The van der Waals surface area contributed by atoms with Crippen LogP contribution in [0.15, 0.2) is 59.8 Å². The lowest BCUT2D eigenvalue weighted by atomic mass is 10.2. The number of hydrogen-bond donors (Lipinski definition) is 1. The smallest absolute Gasteiger partial charge is 0.269 e. The molecule has 23 heavy (non-hydrogen) atoms. The van der Waals surface area contributed by atoms with Gasteiger partial charge in [0.05, 0.1) is 33.6 Å². The summed E-state index contributed by atoms with van der Waals surface area (Å²) in [6.07, 6.45) is 1.67. The number of aromatic nitrogens is 2. The van der Waals surface area contributed by atoms with E-state index in [9.17, 15) is 10.1 Å². The van der Waals surface area contributed by atoms with Gasteiger partial charge < -0.3 is 0 Å². The third-order valence-electron chi connectivity index (χ3n) is 3.25. The summed E-state index contributed by atoms with van der Waals surface area (Å²) in [5.74, 6) is 0. The molecule has 0 aliphatic rings. The van der Waals surface area contributed by atoms with Crippen LogP contribution in [-0.2, 0) is 0 Å². The standard InChI is InChI=1S/C16H13N5O2/c1-11(16-10-17-14-4-2-3-5-15(14)18-16)19-20-12-6-8-13(9-7-12)21(22)23/h2-10,20H,1H3/b19-11-. The van der Waals surface area contributed by atoms with Crippen molar-refractivity contribution in [1.82, 2.24) is 9.97 Å². The molecule has 0 saturated heterocycles. The number of nitro groups is 1. The Kier molecular flexibility index (Phi) is 3.92. The Morgan fingerprint density at radius 3 is 2.52 bits per heavy atom. The van der Waals surface area contributed by atoms with Crippen molar-refractivity contribution < 1.29 is 4.92 Å². The number of para-hydroxylation sites is 2. The second kappa shape index (κ2) is 6.18. The van der Waals surface area contributed by atoms with E-state index in [1.165, 1.54) is 12.1 Å². The van der Waals surface area contributed by atoms with E-state index in [1.807, 2.05) is 31.2 Å². The summed E-state index contributed by atoms with van der Waals surface area (Å²) in [5, 5.41) is 14.9. The van der Waals surface area contributed by atoms with Crippen LogP contribution in [0.25, 0.3) is 11.0 Å². The zero-order valence-electron chi connectivity index (χ0n) is 12.3. The van der Waals surface area contributed by atoms with Crippen molar-refractivity contribution in [3.05, 3.63) is 70.5 Å². The van der Waals surface area contributed by atoms with Crippen LogP contribution in [0.4, 0.5) is 11.4 Å². The van der Waals surface area contributed by atoms with Crippen LogP contribution in [-0.4, -0.2) is 20.6 Å². The number of nitro benzene ring substituents is 1. The van der Waals surface area contributed by atoms with E-state index in [1.54, 1.807) is 18.3 Å². The van der Waals surface area contributed by atoms with Crippen molar-refractivity contribution in [3.63, 3.8) is 0 Å². The maximum atomic E-state index is 10.6. The predicted octanol–water partition coefficient (Wildman–Crippen LogP) is 3.37. The summed E-state index contributed by atoms with van der Waals surface area (Å²) in [6, 6.07) is 13.6. The Hall–Kier alpha value is -3.35. The molecule has 1 N–H and O–H groups in total. The molecule has 114 valence electrons. The lowest BCUT2D eigenvalue weighted by Crippen LogP contribution is -2.03. The van der Waals surface area contributed by atoms with E-state index >= 15 is 0 Å². The second-order valence-electron chi connectivity index (χ2n) is 4.86. The number of non-ortho nitro benzene ring substituents is 1. The molecule has 0 aliphatic carbocycles. The van der Waals surface area contributed by atoms with E-state index in [0.717, 1.165) is 11.0 Å². The molecule has 0 bridgehead atoms. The molecule has 1 heterocycles. The minimum Gasteiger partial charge on any atom is -0.278 e. The van der Waals surface area contributed by atoms with Crippen molar-refractivity contribution in [1.29, 1.82) is 0 Å². The van der Waals surface area contributed by atoms with Gasteiger partial charge in [-0.15, -0.1) is 0 Å². The second-order valence-corrected chi connectivity index (χ2v) is 4.86. The van der Waals surface area contributed by atoms with Crippen LogP contribution in [0.1, 0.15) is 12.6 Å². The zero-order valence-corrected chi connectivity index (χ0v) is 12.3. The topological polar surface area (TPSA) is 93.3 Å². The number of anilines is 1. The molecule has 3 aromatic rings. The lowest BCUT2D eigenvalue weighted by Gasteiger charge is -2.04. The molecule has 3 rings (SSSR count). The van der Waals surface area contributed by atoms with Gasteiger partial charge in [-0.25, -0.2) is 4.98 Å². The molecule has 0 amide bonds. The Morgan fingerprint density at radius 1 is 1.13 bits per heavy atom. The van der Waals surface area contributed by atoms with Crippen LogP contribution in [0, 0.1) is 10.1 Å². The lowest BCUT2D eigenvalue weighted by molar-refractivity contribution is -0.384. The molecular formula is C16H13N5O2. The minimum absolute atomic E-state index is 0.0386. The molecule has 7 nitrogen and oxygen atoms in total. The first-order valence-electron chi connectivity index (χ1n) is 6.90. The summed E-state index contributed by atoms with van der Waals surface area (Å²) in [4.78, 5) is 19.0. The van der Waals surface area contributed by atoms with Crippen molar-refractivity contribution in [2.24, 2.45) is 5.10 Å². The number of nitrogens with one attached hydrogen (secondary N) is 1. The maximum absolute atomic E-state index is 10.6. The highest BCUT2D eigenvalue weighted by Gasteiger charge is 2.05. The number of fused-ring (bicyclic) bond motifs is 1. The van der Waals surface area contributed by atoms with Crippen LogP contribution in [0.5, 0.6) is 0 Å². The Labute approximate surface area is 131 Å². The van der Waals surface area contributed by atoms with Crippen molar-refractivity contribution in [2.45, 2.75) is 6.92 Å². The molecule has 7 heteroatoms. The fraction of sp³-hybridized carbons (Fsp3) is 0.0625. The van der Waals surface area contributed by atoms with Gasteiger partial charge in [0, 0.05) is 12.1 Å². The molecule has 0 unspecified atom stereocenters. The fourth-order valence-corrected chi connectivity index (χ4v) is 1.99. The van der Waals surface area contributed by atoms with E-state index in [2.05, 4.69) is 20.5 Å². The average Bonchev–Trinajstić information content (AvgIpc) is 2.59. The Bertz CT molecular complexity index is 890. The van der Waals surface area contributed by atoms with Crippen molar-refractivity contribution in [3.8, 4) is 0 Å². The third-order valence-corrected chi connectivity index (χ3v) is 3.25. The molecule has 0 saturated carbocycles. The largest absolute Gasteiger partial charge is 0.278 e. The van der Waals surface area contributed by atoms with E-state index in [4.69, 9.17) is 0 Å². The summed E-state index contributed by atoms with van der Waals surface area (Å²) < 4.78 is 0. The highest BCUT2D eigenvalue weighted by atomic mass is 16.6. The molecule has 1 aromatic heterocycles.